The summed E-state index contributed by atoms with van der Waals surface area (Å²) in [5, 5.41) is 29.3. The molecule has 1 atom stereocenters. The molecule has 0 saturated heterocycles. The molecule has 0 aliphatic heterocycles. The molecule has 1 amide bonds. The summed E-state index contributed by atoms with van der Waals surface area (Å²) < 4.78 is 0. The summed E-state index contributed by atoms with van der Waals surface area (Å²) in [6, 6.07) is 4.49. The van der Waals surface area contributed by atoms with Crippen LogP contribution in [-0.4, -0.2) is 39.8 Å². The van der Waals surface area contributed by atoms with Gasteiger partial charge in [0.1, 0.15) is 5.75 Å². The van der Waals surface area contributed by atoms with Gasteiger partial charge in [-0.15, -0.1) is 0 Å². The highest BCUT2D eigenvalue weighted by Gasteiger charge is 2.13. The minimum atomic E-state index is -1.49. The molecule has 0 fully saturated rings. The third-order valence-electron chi connectivity index (χ3n) is 2.46. The van der Waals surface area contributed by atoms with Gasteiger partial charge in [-0.3, -0.25) is 4.79 Å². The lowest BCUT2D eigenvalue weighted by Gasteiger charge is -2.08. The van der Waals surface area contributed by atoms with E-state index in [1.54, 1.807) is 19.1 Å². The quantitative estimate of drug-likeness (QED) is 0.602. The zero-order chi connectivity index (χ0) is 13.7. The van der Waals surface area contributed by atoms with E-state index in [2.05, 4.69) is 5.32 Å². The lowest BCUT2D eigenvalue weighted by Crippen LogP contribution is -2.30. The SMILES string of the molecule is Cc1ccc(C(=O)NCC[C@H](O)C(=O)O)cc1O. The van der Waals surface area contributed by atoms with E-state index in [4.69, 9.17) is 10.2 Å². The van der Waals surface area contributed by atoms with Crippen molar-refractivity contribution in [2.45, 2.75) is 19.4 Å². The molecule has 18 heavy (non-hydrogen) atoms. The van der Waals surface area contributed by atoms with Crippen LogP contribution in [0.15, 0.2) is 18.2 Å². The van der Waals surface area contributed by atoms with Gasteiger partial charge in [0.05, 0.1) is 0 Å². The average molecular weight is 253 g/mol. The van der Waals surface area contributed by atoms with E-state index in [-0.39, 0.29) is 24.3 Å². The summed E-state index contributed by atoms with van der Waals surface area (Å²) in [4.78, 5) is 21.9. The van der Waals surface area contributed by atoms with Crippen LogP contribution < -0.4 is 5.32 Å². The maximum atomic E-state index is 11.6. The Morgan fingerprint density at radius 1 is 1.39 bits per heavy atom. The number of aliphatic carboxylic acids is 1. The molecule has 0 aliphatic rings. The molecule has 1 aromatic rings. The highest BCUT2D eigenvalue weighted by Crippen LogP contribution is 2.17. The summed E-state index contributed by atoms with van der Waals surface area (Å²) in [6.45, 7) is 1.75. The number of phenols is 1. The number of carboxylic acid groups (broad SMARTS) is 1. The van der Waals surface area contributed by atoms with Crippen LogP contribution >= 0.6 is 0 Å². The molecule has 6 heteroatoms. The van der Waals surface area contributed by atoms with Crippen molar-refractivity contribution < 1.29 is 24.9 Å². The smallest absolute Gasteiger partial charge is 0.332 e. The highest BCUT2D eigenvalue weighted by molar-refractivity contribution is 5.94. The Morgan fingerprint density at radius 3 is 2.61 bits per heavy atom. The predicted molar refractivity (Wildman–Crippen MR) is 63.4 cm³/mol. The molecule has 4 N–H and O–H groups in total. The number of aryl methyl sites for hydroxylation is 1. The molecule has 0 unspecified atom stereocenters. The first-order valence-electron chi connectivity index (χ1n) is 5.40. The van der Waals surface area contributed by atoms with Gasteiger partial charge in [0.25, 0.3) is 5.91 Å². The largest absolute Gasteiger partial charge is 0.508 e. The number of benzene rings is 1. The highest BCUT2D eigenvalue weighted by atomic mass is 16.4. The minimum absolute atomic E-state index is 0.0215. The Morgan fingerprint density at radius 2 is 2.06 bits per heavy atom. The van der Waals surface area contributed by atoms with Crippen molar-refractivity contribution in [1.29, 1.82) is 0 Å². The second kappa shape index (κ2) is 6.02. The van der Waals surface area contributed by atoms with Crippen LogP contribution in [0.4, 0.5) is 0 Å². The van der Waals surface area contributed by atoms with Gasteiger partial charge in [-0.2, -0.15) is 0 Å². The van der Waals surface area contributed by atoms with E-state index in [1.165, 1.54) is 6.07 Å². The van der Waals surface area contributed by atoms with Crippen LogP contribution in [0.5, 0.6) is 5.75 Å². The minimum Gasteiger partial charge on any atom is -0.508 e. The molecule has 0 saturated carbocycles. The number of phenolic OH excluding ortho intramolecular Hbond substituents is 1. The standard InChI is InChI=1S/C12H15NO5/c1-7-2-3-8(6-10(7)15)11(16)13-5-4-9(14)12(17)18/h2-3,6,9,14-15H,4-5H2,1H3,(H,13,16)(H,17,18)/t9-/m0/s1. The molecule has 0 aliphatic carbocycles. The van der Waals surface area contributed by atoms with E-state index < -0.39 is 18.0 Å². The van der Waals surface area contributed by atoms with Gasteiger partial charge in [0, 0.05) is 18.5 Å². The van der Waals surface area contributed by atoms with Crippen LogP contribution in [0.1, 0.15) is 22.3 Å². The van der Waals surface area contributed by atoms with Gasteiger partial charge in [0.15, 0.2) is 6.10 Å². The number of aliphatic hydroxyl groups excluding tert-OH is 1. The van der Waals surface area contributed by atoms with E-state index in [9.17, 15) is 14.7 Å². The van der Waals surface area contributed by atoms with E-state index in [1.807, 2.05) is 0 Å². The number of aromatic hydroxyl groups is 1. The molecule has 0 radical (unpaired) electrons. The van der Waals surface area contributed by atoms with Crippen molar-refractivity contribution in [3.8, 4) is 5.75 Å². The summed E-state index contributed by atoms with van der Waals surface area (Å²) in [5.41, 5.74) is 0.941. The first-order chi connectivity index (χ1) is 8.41. The van der Waals surface area contributed by atoms with E-state index in [0.29, 0.717) is 5.56 Å². The molecule has 1 rings (SSSR count). The summed E-state index contributed by atoms with van der Waals surface area (Å²) in [6.07, 6.45) is -1.56. The number of hydrogen-bond donors (Lipinski definition) is 4. The second-order valence-corrected chi connectivity index (χ2v) is 3.90. The van der Waals surface area contributed by atoms with Gasteiger partial charge in [-0.1, -0.05) is 6.07 Å². The predicted octanol–water partition coefficient (Wildman–Crippen LogP) is 0.266. The van der Waals surface area contributed by atoms with Crippen molar-refractivity contribution >= 4 is 11.9 Å². The molecule has 1 aromatic carbocycles. The van der Waals surface area contributed by atoms with Gasteiger partial charge in [-0.25, -0.2) is 4.79 Å². The van der Waals surface area contributed by atoms with Crippen molar-refractivity contribution in [1.82, 2.24) is 5.32 Å². The molecule has 98 valence electrons. The maximum Gasteiger partial charge on any atom is 0.332 e. The zero-order valence-electron chi connectivity index (χ0n) is 9.88. The molecule has 0 bridgehead atoms. The number of carbonyl (C=O) groups is 2. The number of carbonyl (C=O) groups excluding carboxylic acids is 1. The number of hydrogen-bond acceptors (Lipinski definition) is 4. The van der Waals surface area contributed by atoms with Gasteiger partial charge >= 0.3 is 5.97 Å². The van der Waals surface area contributed by atoms with Gasteiger partial charge in [-0.05, 0) is 24.6 Å². The monoisotopic (exact) mass is 253 g/mol. The Bertz CT molecular complexity index is 458. The fourth-order valence-electron chi connectivity index (χ4n) is 1.30. The normalized spacial score (nSPS) is 11.9. The molecule has 0 heterocycles. The molecular formula is C12H15NO5. The number of amides is 1. The number of nitrogens with one attached hydrogen (secondary N) is 1. The summed E-state index contributed by atoms with van der Waals surface area (Å²) in [7, 11) is 0. The summed E-state index contributed by atoms with van der Waals surface area (Å²) >= 11 is 0. The lowest BCUT2D eigenvalue weighted by molar-refractivity contribution is -0.146. The topological polar surface area (TPSA) is 107 Å². The first kappa shape index (κ1) is 14.0. The van der Waals surface area contributed by atoms with Crippen molar-refractivity contribution in [3.05, 3.63) is 29.3 Å². The Hall–Kier alpha value is -2.08. The Labute approximate surface area is 104 Å². The van der Waals surface area contributed by atoms with Crippen molar-refractivity contribution in [2.24, 2.45) is 0 Å². The van der Waals surface area contributed by atoms with Crippen LogP contribution in [0.25, 0.3) is 0 Å². The fourth-order valence-corrected chi connectivity index (χ4v) is 1.30. The third kappa shape index (κ3) is 3.74. The van der Waals surface area contributed by atoms with Gasteiger partial charge in [0.2, 0.25) is 0 Å². The van der Waals surface area contributed by atoms with Gasteiger partial charge < -0.3 is 20.6 Å². The Kier molecular flexibility index (Phi) is 4.67. The average Bonchev–Trinajstić information content (AvgIpc) is 2.32. The van der Waals surface area contributed by atoms with Crippen molar-refractivity contribution in [2.75, 3.05) is 6.54 Å². The molecule has 0 aromatic heterocycles. The van der Waals surface area contributed by atoms with Crippen LogP contribution in [0.3, 0.4) is 0 Å². The third-order valence-corrected chi connectivity index (χ3v) is 2.46. The fraction of sp³-hybridized carbons (Fsp3) is 0.333. The zero-order valence-corrected chi connectivity index (χ0v) is 9.88. The van der Waals surface area contributed by atoms with E-state index in [0.717, 1.165) is 0 Å². The first-order valence-corrected chi connectivity index (χ1v) is 5.40. The number of aliphatic hydroxyl groups is 1. The molecule has 0 spiro atoms. The lowest BCUT2D eigenvalue weighted by atomic mass is 10.1. The Balaban J connectivity index is 2.50. The molecule has 6 nitrogen and oxygen atoms in total. The van der Waals surface area contributed by atoms with Crippen LogP contribution in [-0.2, 0) is 4.79 Å². The molecular weight excluding hydrogens is 238 g/mol. The maximum absolute atomic E-state index is 11.6. The van der Waals surface area contributed by atoms with Crippen molar-refractivity contribution in [3.63, 3.8) is 0 Å². The number of carboxylic acids is 1. The summed E-state index contributed by atoms with van der Waals surface area (Å²) in [5.74, 6) is -1.73. The van der Waals surface area contributed by atoms with Crippen LogP contribution in [0.2, 0.25) is 0 Å². The number of rotatable bonds is 5. The van der Waals surface area contributed by atoms with E-state index >= 15 is 0 Å². The second-order valence-electron chi connectivity index (χ2n) is 3.90. The van der Waals surface area contributed by atoms with Crippen LogP contribution in [0, 0.1) is 6.92 Å².